The van der Waals surface area contributed by atoms with Gasteiger partial charge in [-0.3, -0.25) is 9.59 Å². The summed E-state index contributed by atoms with van der Waals surface area (Å²) in [7, 11) is 0. The fourth-order valence-electron chi connectivity index (χ4n) is 2.05. The first-order valence-electron chi connectivity index (χ1n) is 7.00. The van der Waals surface area contributed by atoms with E-state index in [4.69, 9.17) is 0 Å². The van der Waals surface area contributed by atoms with Gasteiger partial charge in [0.25, 0.3) is 0 Å². The molecule has 0 aromatic heterocycles. The quantitative estimate of drug-likeness (QED) is 0.921. The molecule has 0 unspecified atom stereocenters. The van der Waals surface area contributed by atoms with E-state index in [9.17, 15) is 18.4 Å². The summed E-state index contributed by atoms with van der Waals surface area (Å²) in [5.74, 6) is -1.76. The molecule has 0 saturated heterocycles. The molecule has 0 atom stereocenters. The predicted molar refractivity (Wildman–Crippen MR) is 82.5 cm³/mol. The maximum Gasteiger partial charge on any atom is 0.244 e. The smallest absolute Gasteiger partial charge is 0.244 e. The minimum absolute atomic E-state index is 0.0153. The Labute approximate surface area is 132 Å². The number of nitrogens with one attached hydrogen (secondary N) is 1. The molecule has 0 fully saturated rings. The SMILES string of the molecule is CC(=O)N(CC(=O)Nc1cccc(F)c1)Cc1ccccc1F. The second-order valence-corrected chi connectivity index (χ2v) is 5.03. The van der Waals surface area contributed by atoms with E-state index >= 15 is 0 Å². The molecule has 0 aliphatic carbocycles. The lowest BCUT2D eigenvalue weighted by atomic mass is 10.2. The van der Waals surface area contributed by atoms with Crippen molar-refractivity contribution < 1.29 is 18.4 Å². The third-order valence-corrected chi connectivity index (χ3v) is 3.21. The van der Waals surface area contributed by atoms with Crippen LogP contribution in [0.4, 0.5) is 14.5 Å². The van der Waals surface area contributed by atoms with Crippen LogP contribution in [-0.2, 0) is 16.1 Å². The standard InChI is InChI=1S/C17H16F2N2O2/c1-12(22)21(10-13-5-2-3-8-16(13)19)11-17(23)20-15-7-4-6-14(18)9-15/h2-9H,10-11H2,1H3,(H,20,23). The van der Waals surface area contributed by atoms with Gasteiger partial charge >= 0.3 is 0 Å². The van der Waals surface area contributed by atoms with Crippen molar-refractivity contribution in [2.24, 2.45) is 0 Å². The number of carbonyl (C=O) groups excluding carboxylic acids is 2. The summed E-state index contributed by atoms with van der Waals surface area (Å²) in [6.45, 7) is 1.04. The lowest BCUT2D eigenvalue weighted by Gasteiger charge is -2.21. The summed E-state index contributed by atoms with van der Waals surface area (Å²) < 4.78 is 26.7. The molecule has 2 aromatic carbocycles. The highest BCUT2D eigenvalue weighted by Crippen LogP contribution is 2.12. The molecular weight excluding hydrogens is 302 g/mol. The van der Waals surface area contributed by atoms with Crippen LogP contribution in [0, 0.1) is 11.6 Å². The molecule has 1 N–H and O–H groups in total. The molecule has 2 amide bonds. The Balaban J connectivity index is 2.03. The van der Waals surface area contributed by atoms with Gasteiger partial charge in [-0.2, -0.15) is 0 Å². The monoisotopic (exact) mass is 318 g/mol. The Hall–Kier alpha value is -2.76. The fourth-order valence-corrected chi connectivity index (χ4v) is 2.05. The van der Waals surface area contributed by atoms with Gasteiger partial charge in [0.1, 0.15) is 18.2 Å². The molecule has 23 heavy (non-hydrogen) atoms. The number of halogens is 2. The number of nitrogens with zero attached hydrogens (tertiary/aromatic N) is 1. The third-order valence-electron chi connectivity index (χ3n) is 3.21. The van der Waals surface area contributed by atoms with Crippen molar-refractivity contribution in [1.82, 2.24) is 4.90 Å². The maximum absolute atomic E-state index is 13.7. The highest BCUT2D eigenvalue weighted by atomic mass is 19.1. The lowest BCUT2D eigenvalue weighted by Crippen LogP contribution is -2.36. The fraction of sp³-hybridized carbons (Fsp3) is 0.176. The molecule has 0 radical (unpaired) electrons. The van der Waals surface area contributed by atoms with Crippen molar-refractivity contribution in [3.05, 3.63) is 65.7 Å². The predicted octanol–water partition coefficient (Wildman–Crippen LogP) is 2.95. The summed E-state index contributed by atoms with van der Waals surface area (Å²) in [6.07, 6.45) is 0. The molecule has 0 saturated carbocycles. The second-order valence-electron chi connectivity index (χ2n) is 5.03. The third kappa shape index (κ3) is 4.88. The summed E-state index contributed by atoms with van der Waals surface area (Å²) in [4.78, 5) is 24.9. The molecule has 2 rings (SSSR count). The van der Waals surface area contributed by atoms with Crippen LogP contribution in [0.3, 0.4) is 0 Å². The molecule has 6 heteroatoms. The normalized spacial score (nSPS) is 10.2. The molecule has 0 heterocycles. The van der Waals surface area contributed by atoms with Gasteiger partial charge in [0.2, 0.25) is 11.8 Å². The highest BCUT2D eigenvalue weighted by Gasteiger charge is 2.16. The molecular formula is C17H16F2N2O2. The van der Waals surface area contributed by atoms with Crippen LogP contribution in [0.2, 0.25) is 0 Å². The van der Waals surface area contributed by atoms with E-state index < -0.39 is 17.5 Å². The van der Waals surface area contributed by atoms with E-state index in [2.05, 4.69) is 5.32 Å². The Morgan fingerprint density at radius 1 is 1.09 bits per heavy atom. The van der Waals surface area contributed by atoms with Crippen molar-refractivity contribution in [2.45, 2.75) is 13.5 Å². The largest absolute Gasteiger partial charge is 0.329 e. The first-order chi connectivity index (χ1) is 11.0. The number of amides is 2. The maximum atomic E-state index is 13.7. The van der Waals surface area contributed by atoms with Gasteiger partial charge in [-0.05, 0) is 24.3 Å². The van der Waals surface area contributed by atoms with Crippen molar-refractivity contribution in [3.8, 4) is 0 Å². The van der Waals surface area contributed by atoms with Gasteiger partial charge in [-0.1, -0.05) is 24.3 Å². The summed E-state index contributed by atoms with van der Waals surface area (Å²) in [5.41, 5.74) is 0.616. The number of rotatable bonds is 5. The summed E-state index contributed by atoms with van der Waals surface area (Å²) in [6, 6.07) is 11.5. The van der Waals surface area contributed by atoms with E-state index in [1.165, 1.54) is 42.2 Å². The van der Waals surface area contributed by atoms with E-state index in [0.717, 1.165) is 0 Å². The Morgan fingerprint density at radius 2 is 1.83 bits per heavy atom. The average Bonchev–Trinajstić information content (AvgIpc) is 2.48. The highest BCUT2D eigenvalue weighted by molar-refractivity contribution is 5.94. The van der Waals surface area contributed by atoms with Crippen molar-refractivity contribution in [1.29, 1.82) is 0 Å². The van der Waals surface area contributed by atoms with Crippen LogP contribution in [0.5, 0.6) is 0 Å². The van der Waals surface area contributed by atoms with Gasteiger partial charge in [0, 0.05) is 24.7 Å². The van der Waals surface area contributed by atoms with Crippen molar-refractivity contribution in [2.75, 3.05) is 11.9 Å². The minimum atomic E-state index is -0.484. The zero-order valence-electron chi connectivity index (χ0n) is 12.6. The van der Waals surface area contributed by atoms with Gasteiger partial charge in [0.15, 0.2) is 0 Å². The Morgan fingerprint density at radius 3 is 2.48 bits per heavy atom. The molecule has 2 aromatic rings. The van der Waals surface area contributed by atoms with E-state index in [-0.39, 0.29) is 19.0 Å². The molecule has 4 nitrogen and oxygen atoms in total. The van der Waals surface area contributed by atoms with E-state index in [0.29, 0.717) is 11.3 Å². The first-order valence-corrected chi connectivity index (χ1v) is 7.00. The Bertz CT molecular complexity index is 719. The summed E-state index contributed by atoms with van der Waals surface area (Å²) in [5, 5.41) is 2.50. The lowest BCUT2D eigenvalue weighted by molar-refractivity contribution is -0.133. The number of hydrogen-bond donors (Lipinski definition) is 1. The van der Waals surface area contributed by atoms with E-state index in [1.54, 1.807) is 18.2 Å². The molecule has 0 bridgehead atoms. The van der Waals surface area contributed by atoms with Gasteiger partial charge < -0.3 is 10.2 Å². The molecule has 0 aliphatic rings. The number of anilines is 1. The zero-order chi connectivity index (χ0) is 16.8. The average molecular weight is 318 g/mol. The number of hydrogen-bond acceptors (Lipinski definition) is 2. The van der Waals surface area contributed by atoms with Gasteiger partial charge in [-0.15, -0.1) is 0 Å². The number of benzene rings is 2. The van der Waals surface area contributed by atoms with Crippen LogP contribution < -0.4 is 5.32 Å². The number of carbonyl (C=O) groups is 2. The minimum Gasteiger partial charge on any atom is -0.329 e. The molecule has 0 spiro atoms. The van der Waals surface area contributed by atoms with E-state index in [1.807, 2.05) is 0 Å². The van der Waals surface area contributed by atoms with Crippen LogP contribution in [0.15, 0.2) is 48.5 Å². The van der Waals surface area contributed by atoms with Crippen molar-refractivity contribution >= 4 is 17.5 Å². The Kier molecular flexibility index (Phi) is 5.41. The summed E-state index contributed by atoms with van der Waals surface area (Å²) >= 11 is 0. The zero-order valence-corrected chi connectivity index (χ0v) is 12.6. The van der Waals surface area contributed by atoms with Crippen molar-refractivity contribution in [3.63, 3.8) is 0 Å². The van der Waals surface area contributed by atoms with Gasteiger partial charge in [0.05, 0.1) is 0 Å². The van der Waals surface area contributed by atoms with Gasteiger partial charge in [-0.25, -0.2) is 8.78 Å². The van der Waals surface area contributed by atoms with Crippen LogP contribution in [0.1, 0.15) is 12.5 Å². The van der Waals surface area contributed by atoms with Crippen LogP contribution >= 0.6 is 0 Å². The molecule has 120 valence electrons. The first kappa shape index (κ1) is 16.6. The van der Waals surface area contributed by atoms with Crippen LogP contribution in [0.25, 0.3) is 0 Å². The van der Waals surface area contributed by atoms with Crippen LogP contribution in [-0.4, -0.2) is 23.3 Å². The molecule has 0 aliphatic heterocycles. The second kappa shape index (κ2) is 7.49. The topological polar surface area (TPSA) is 49.4 Å².